The number of hydrogen-bond acceptors (Lipinski definition) is 7. The Kier molecular flexibility index (Phi) is 9.79. The number of ether oxygens (including phenoxy) is 2. The van der Waals surface area contributed by atoms with Crippen molar-refractivity contribution >= 4 is 24.1 Å². The van der Waals surface area contributed by atoms with E-state index in [9.17, 15) is 22.8 Å². The first-order valence-corrected chi connectivity index (χ1v) is 13.0. The Morgan fingerprint density at radius 1 is 1.07 bits per heavy atom. The lowest BCUT2D eigenvalue weighted by atomic mass is 10.1. The van der Waals surface area contributed by atoms with Gasteiger partial charge < -0.3 is 23.6 Å². The highest BCUT2D eigenvalue weighted by Crippen LogP contribution is 2.29. The van der Waals surface area contributed by atoms with Gasteiger partial charge in [0.15, 0.2) is 0 Å². The number of aliphatic carboxylic acids is 1. The molecular formula is C30H28F3N3O6. The lowest BCUT2D eigenvalue weighted by molar-refractivity contribution is -0.148. The molecule has 0 unspecified atom stereocenters. The molecule has 2 aromatic heterocycles. The van der Waals surface area contributed by atoms with Crippen LogP contribution in [0.1, 0.15) is 52.5 Å². The Labute approximate surface area is 239 Å². The number of aryl methyl sites for hydroxylation is 3. The van der Waals surface area contributed by atoms with Crippen molar-refractivity contribution in [3.05, 3.63) is 101 Å². The highest BCUT2D eigenvalue weighted by atomic mass is 19.4. The number of carbonyl (C=O) groups excluding carboxylic acids is 1. The van der Waals surface area contributed by atoms with Crippen LogP contribution in [-0.4, -0.2) is 31.6 Å². The number of esters is 1. The van der Waals surface area contributed by atoms with E-state index in [4.69, 9.17) is 19.0 Å². The minimum Gasteiger partial charge on any atom is -0.487 e. The van der Waals surface area contributed by atoms with Crippen LogP contribution in [0.25, 0.3) is 12.2 Å². The molecule has 0 saturated carbocycles. The van der Waals surface area contributed by atoms with Gasteiger partial charge in [0.1, 0.15) is 36.7 Å². The number of imidazole rings is 1. The van der Waals surface area contributed by atoms with Gasteiger partial charge in [-0.2, -0.15) is 13.2 Å². The van der Waals surface area contributed by atoms with Gasteiger partial charge >= 0.3 is 18.1 Å². The summed E-state index contributed by atoms with van der Waals surface area (Å²) in [5.41, 5.74) is 2.54. The number of carboxylic acid groups (broad SMARTS) is 1. The Morgan fingerprint density at radius 2 is 1.86 bits per heavy atom. The number of oxazole rings is 1. The zero-order valence-electron chi connectivity index (χ0n) is 22.6. The zero-order valence-corrected chi connectivity index (χ0v) is 22.6. The first-order chi connectivity index (χ1) is 20.1. The summed E-state index contributed by atoms with van der Waals surface area (Å²) < 4.78 is 56.4. The number of nitrogens with zero attached hydrogens (tertiary/aromatic N) is 3. The molecule has 4 rings (SSSR count). The van der Waals surface area contributed by atoms with Gasteiger partial charge in [-0.05, 0) is 60.4 Å². The molecule has 12 heteroatoms. The molecule has 1 N–H and O–H groups in total. The summed E-state index contributed by atoms with van der Waals surface area (Å²) in [7, 11) is 0. The molecule has 0 saturated heterocycles. The van der Waals surface area contributed by atoms with E-state index in [2.05, 4.69) is 9.97 Å². The highest BCUT2D eigenvalue weighted by molar-refractivity contribution is 5.76. The molecule has 0 fully saturated rings. The number of halogens is 3. The van der Waals surface area contributed by atoms with Crippen molar-refractivity contribution in [2.45, 2.75) is 52.1 Å². The quantitative estimate of drug-likeness (QED) is 0.188. The molecule has 0 aliphatic heterocycles. The Balaban J connectivity index is 1.25. The fourth-order valence-corrected chi connectivity index (χ4v) is 3.96. The van der Waals surface area contributed by atoms with Gasteiger partial charge in [-0.3, -0.25) is 9.59 Å². The maximum atomic E-state index is 12.7. The second-order valence-electron chi connectivity index (χ2n) is 9.35. The van der Waals surface area contributed by atoms with Gasteiger partial charge in [0.2, 0.25) is 5.89 Å². The van der Waals surface area contributed by atoms with E-state index in [-0.39, 0.29) is 26.1 Å². The average molecular weight is 584 g/mol. The van der Waals surface area contributed by atoms with Crippen LogP contribution in [0.3, 0.4) is 0 Å². The maximum Gasteiger partial charge on any atom is 0.416 e. The van der Waals surface area contributed by atoms with Crippen molar-refractivity contribution in [2.24, 2.45) is 0 Å². The van der Waals surface area contributed by atoms with Crippen molar-refractivity contribution in [1.82, 2.24) is 14.5 Å². The van der Waals surface area contributed by atoms with E-state index >= 15 is 0 Å². The summed E-state index contributed by atoms with van der Waals surface area (Å²) in [6, 6.07) is 10.5. The number of alkyl halides is 3. The Hall–Kier alpha value is -4.87. The summed E-state index contributed by atoms with van der Waals surface area (Å²) in [5.74, 6) is -0.128. The first kappa shape index (κ1) is 30.1. The number of carboxylic acids is 1. The van der Waals surface area contributed by atoms with Crippen LogP contribution in [0.2, 0.25) is 0 Å². The van der Waals surface area contributed by atoms with Crippen LogP contribution in [0.15, 0.2) is 65.5 Å². The molecular weight excluding hydrogens is 555 g/mol. The SMILES string of the molecule is Cc1cc(OCc2coc(/C=C/c3ccc(C(F)(F)F)cc3)n2)ccc1CCn1ccnc1COC(=O)CCC(=O)O. The smallest absolute Gasteiger partial charge is 0.416 e. The number of aromatic nitrogens is 3. The third kappa shape index (κ3) is 8.82. The number of rotatable bonds is 13. The standard InChI is InChI=1S/C30H28F3N3O6/c1-20-16-25(8-5-22(20)12-14-36-15-13-34-26(36)19-42-29(39)11-10-28(37)38)40-17-24-18-41-27(35-24)9-4-21-2-6-23(7-3-21)30(31,32)33/h2-9,13,15-16,18H,10-12,14,17,19H2,1H3,(H,37,38)/b9-4+. The predicted molar refractivity (Wildman–Crippen MR) is 145 cm³/mol. The largest absolute Gasteiger partial charge is 0.487 e. The van der Waals surface area contributed by atoms with Crippen molar-refractivity contribution < 1.29 is 41.8 Å². The Bertz CT molecular complexity index is 1540. The van der Waals surface area contributed by atoms with Gasteiger partial charge in [0.05, 0.1) is 18.4 Å². The molecule has 0 amide bonds. The topological polar surface area (TPSA) is 117 Å². The minimum atomic E-state index is -4.38. The van der Waals surface area contributed by atoms with Gasteiger partial charge in [-0.1, -0.05) is 18.2 Å². The summed E-state index contributed by atoms with van der Waals surface area (Å²) in [5, 5.41) is 8.67. The van der Waals surface area contributed by atoms with Crippen molar-refractivity contribution in [3.63, 3.8) is 0 Å². The molecule has 2 heterocycles. The molecule has 9 nitrogen and oxygen atoms in total. The first-order valence-electron chi connectivity index (χ1n) is 13.0. The lowest BCUT2D eigenvalue weighted by Gasteiger charge is -2.12. The third-order valence-corrected chi connectivity index (χ3v) is 6.26. The van der Waals surface area contributed by atoms with Gasteiger partial charge in [0.25, 0.3) is 0 Å². The molecule has 2 aromatic carbocycles. The monoisotopic (exact) mass is 583 g/mol. The fourth-order valence-electron chi connectivity index (χ4n) is 3.96. The highest BCUT2D eigenvalue weighted by Gasteiger charge is 2.29. The number of hydrogen-bond donors (Lipinski definition) is 1. The van der Waals surface area contributed by atoms with E-state index < -0.39 is 23.7 Å². The van der Waals surface area contributed by atoms with Gasteiger partial charge in [-0.15, -0.1) is 0 Å². The van der Waals surface area contributed by atoms with E-state index in [0.29, 0.717) is 41.7 Å². The van der Waals surface area contributed by atoms with Crippen molar-refractivity contribution in [3.8, 4) is 5.75 Å². The third-order valence-electron chi connectivity index (χ3n) is 6.26. The number of carbonyl (C=O) groups is 2. The predicted octanol–water partition coefficient (Wildman–Crippen LogP) is 6.10. The summed E-state index contributed by atoms with van der Waals surface area (Å²) in [4.78, 5) is 30.8. The number of benzene rings is 2. The van der Waals surface area contributed by atoms with Gasteiger partial charge in [0, 0.05) is 25.0 Å². The molecule has 220 valence electrons. The molecule has 0 bridgehead atoms. The maximum absolute atomic E-state index is 12.7. The summed E-state index contributed by atoms with van der Waals surface area (Å²) in [6.45, 7) is 2.71. The summed E-state index contributed by atoms with van der Waals surface area (Å²) in [6.07, 6.45) is 3.89. The van der Waals surface area contributed by atoms with E-state index in [1.165, 1.54) is 18.4 Å². The van der Waals surface area contributed by atoms with Crippen LogP contribution < -0.4 is 4.74 Å². The average Bonchev–Trinajstić information content (AvgIpc) is 3.61. The van der Waals surface area contributed by atoms with E-state index in [1.54, 1.807) is 24.5 Å². The zero-order chi connectivity index (χ0) is 30.1. The van der Waals surface area contributed by atoms with Crippen LogP contribution in [-0.2, 0) is 46.7 Å². The second-order valence-corrected chi connectivity index (χ2v) is 9.35. The van der Waals surface area contributed by atoms with Crippen LogP contribution in [0, 0.1) is 6.92 Å². The Morgan fingerprint density at radius 3 is 2.57 bits per heavy atom. The van der Waals surface area contributed by atoms with Crippen LogP contribution >= 0.6 is 0 Å². The second kappa shape index (κ2) is 13.7. The van der Waals surface area contributed by atoms with E-state index in [1.807, 2.05) is 29.7 Å². The summed E-state index contributed by atoms with van der Waals surface area (Å²) >= 11 is 0. The lowest BCUT2D eigenvalue weighted by Crippen LogP contribution is -2.12. The normalized spacial score (nSPS) is 11.6. The van der Waals surface area contributed by atoms with E-state index in [0.717, 1.165) is 23.3 Å². The van der Waals surface area contributed by atoms with Crippen LogP contribution in [0.5, 0.6) is 5.75 Å². The molecule has 0 radical (unpaired) electrons. The fraction of sp³-hybridized carbons (Fsp3) is 0.267. The molecule has 0 aliphatic rings. The molecule has 0 aliphatic carbocycles. The molecule has 0 spiro atoms. The van der Waals surface area contributed by atoms with Crippen LogP contribution in [0.4, 0.5) is 13.2 Å². The minimum absolute atomic E-state index is 0.0359. The van der Waals surface area contributed by atoms with Gasteiger partial charge in [-0.25, -0.2) is 9.97 Å². The molecule has 0 atom stereocenters. The molecule has 4 aromatic rings. The van der Waals surface area contributed by atoms with Crippen molar-refractivity contribution in [2.75, 3.05) is 0 Å². The molecule has 42 heavy (non-hydrogen) atoms. The van der Waals surface area contributed by atoms with Crippen molar-refractivity contribution in [1.29, 1.82) is 0 Å².